The van der Waals surface area contributed by atoms with Crippen molar-refractivity contribution < 1.29 is 18.8 Å². The van der Waals surface area contributed by atoms with Gasteiger partial charge in [-0.05, 0) is 55.9 Å². The van der Waals surface area contributed by atoms with Crippen molar-refractivity contribution in [1.29, 1.82) is 0 Å². The molecule has 1 unspecified atom stereocenters. The maximum atomic E-state index is 13.1. The van der Waals surface area contributed by atoms with Gasteiger partial charge < -0.3 is 15.5 Å². The minimum Gasteiger partial charge on any atom is -0.351 e. The third-order valence-corrected chi connectivity index (χ3v) is 5.35. The van der Waals surface area contributed by atoms with Crippen molar-refractivity contribution in [3.05, 3.63) is 48.3 Å². The van der Waals surface area contributed by atoms with E-state index < -0.39 is 17.8 Å². The summed E-state index contributed by atoms with van der Waals surface area (Å²) in [5, 5.41) is 5.54. The molecule has 2 fully saturated rings. The van der Waals surface area contributed by atoms with Crippen molar-refractivity contribution in [1.82, 2.24) is 15.5 Å². The Balaban J connectivity index is 1.65. The van der Waals surface area contributed by atoms with Crippen LogP contribution in [0.2, 0.25) is 0 Å². The summed E-state index contributed by atoms with van der Waals surface area (Å²) in [5.74, 6) is -0.803. The van der Waals surface area contributed by atoms with Crippen LogP contribution in [0.15, 0.2) is 36.9 Å². The van der Waals surface area contributed by atoms with Gasteiger partial charge in [0, 0.05) is 31.1 Å². The third-order valence-electron chi connectivity index (χ3n) is 5.35. The summed E-state index contributed by atoms with van der Waals surface area (Å²) < 4.78 is 13.1. The average Bonchev–Trinajstić information content (AvgIpc) is 3.55. The minimum absolute atomic E-state index is 0.0718. The number of carbonyl (C=O) groups excluding carboxylic acids is 3. The Morgan fingerprint density at radius 3 is 2.36 bits per heavy atom. The maximum Gasteiger partial charge on any atom is 0.251 e. The van der Waals surface area contributed by atoms with Crippen LogP contribution in [-0.2, 0) is 9.59 Å². The van der Waals surface area contributed by atoms with Crippen LogP contribution in [0.3, 0.4) is 0 Å². The fourth-order valence-corrected chi connectivity index (χ4v) is 3.55. The highest BCUT2D eigenvalue weighted by molar-refractivity contribution is 5.97. The van der Waals surface area contributed by atoms with E-state index in [9.17, 15) is 18.8 Å². The molecule has 0 bridgehead atoms. The highest BCUT2D eigenvalue weighted by Crippen LogP contribution is 2.33. The molecule has 3 amide bonds. The number of halogens is 1. The lowest BCUT2D eigenvalue weighted by Crippen LogP contribution is -2.54. The van der Waals surface area contributed by atoms with Crippen LogP contribution in [0, 0.1) is 17.7 Å². The standard InChI is InChI=1S/C21H26FN3O3/c1-2-11-23-20(27)18(24-19(26)15-5-7-17(22)8-6-15)14-9-12-25(13-10-14)21(28)16-3-4-16/h2,5-8,14,16,18H,1,3-4,9-13H2,(H,23,27)(H,24,26). The molecule has 2 aliphatic rings. The molecular formula is C21H26FN3O3. The molecule has 1 saturated carbocycles. The minimum atomic E-state index is -0.712. The van der Waals surface area contributed by atoms with Crippen molar-refractivity contribution in [2.45, 2.75) is 31.7 Å². The van der Waals surface area contributed by atoms with Gasteiger partial charge in [0.25, 0.3) is 5.91 Å². The Hall–Kier alpha value is -2.70. The Morgan fingerprint density at radius 1 is 1.14 bits per heavy atom. The van der Waals surface area contributed by atoms with E-state index in [1.54, 1.807) is 6.08 Å². The summed E-state index contributed by atoms with van der Waals surface area (Å²) in [6.45, 7) is 5.09. The second-order valence-electron chi connectivity index (χ2n) is 7.43. The number of nitrogens with one attached hydrogen (secondary N) is 2. The second kappa shape index (κ2) is 8.99. The molecule has 0 aromatic heterocycles. The molecule has 0 spiro atoms. The molecule has 1 saturated heterocycles. The number of benzene rings is 1. The van der Waals surface area contributed by atoms with Gasteiger partial charge in [0.05, 0.1) is 0 Å². The molecule has 1 aromatic rings. The van der Waals surface area contributed by atoms with E-state index >= 15 is 0 Å². The van der Waals surface area contributed by atoms with Gasteiger partial charge in [-0.3, -0.25) is 14.4 Å². The van der Waals surface area contributed by atoms with E-state index in [4.69, 9.17) is 0 Å². The lowest BCUT2D eigenvalue weighted by atomic mass is 9.88. The SMILES string of the molecule is C=CCNC(=O)C(NC(=O)c1ccc(F)cc1)C1CCN(C(=O)C2CC2)CC1. The zero-order valence-electron chi connectivity index (χ0n) is 15.8. The van der Waals surface area contributed by atoms with Crippen molar-refractivity contribution in [3.63, 3.8) is 0 Å². The summed E-state index contributed by atoms with van der Waals surface area (Å²) in [6, 6.07) is 4.49. The van der Waals surface area contributed by atoms with Gasteiger partial charge in [-0.2, -0.15) is 0 Å². The first-order valence-corrected chi connectivity index (χ1v) is 9.73. The quantitative estimate of drug-likeness (QED) is 0.701. The largest absolute Gasteiger partial charge is 0.351 e. The molecule has 1 atom stereocenters. The highest BCUT2D eigenvalue weighted by atomic mass is 19.1. The average molecular weight is 387 g/mol. The number of rotatable bonds is 7. The topological polar surface area (TPSA) is 78.5 Å². The smallest absolute Gasteiger partial charge is 0.251 e. The monoisotopic (exact) mass is 387 g/mol. The molecule has 7 heteroatoms. The molecule has 0 radical (unpaired) electrons. The maximum absolute atomic E-state index is 13.1. The Kier molecular flexibility index (Phi) is 6.44. The Morgan fingerprint density at radius 2 is 1.79 bits per heavy atom. The molecule has 3 rings (SSSR count). The number of nitrogens with zero attached hydrogens (tertiary/aromatic N) is 1. The first-order chi connectivity index (χ1) is 13.5. The second-order valence-corrected chi connectivity index (χ2v) is 7.43. The molecule has 2 N–H and O–H groups in total. The molecule has 1 aliphatic carbocycles. The van der Waals surface area contributed by atoms with Gasteiger partial charge >= 0.3 is 0 Å². The summed E-state index contributed by atoms with van der Waals surface area (Å²) in [5.41, 5.74) is 0.296. The van der Waals surface area contributed by atoms with Gasteiger partial charge in [0.15, 0.2) is 0 Å². The van der Waals surface area contributed by atoms with Crippen molar-refractivity contribution in [2.24, 2.45) is 11.8 Å². The summed E-state index contributed by atoms with van der Waals surface area (Å²) >= 11 is 0. The zero-order valence-corrected chi connectivity index (χ0v) is 15.8. The molecule has 28 heavy (non-hydrogen) atoms. The number of likely N-dealkylation sites (tertiary alicyclic amines) is 1. The van der Waals surface area contributed by atoms with E-state index in [1.807, 2.05) is 4.90 Å². The van der Waals surface area contributed by atoms with Gasteiger partial charge in [-0.1, -0.05) is 6.08 Å². The highest BCUT2D eigenvalue weighted by Gasteiger charge is 2.38. The van der Waals surface area contributed by atoms with E-state index in [0.29, 0.717) is 38.0 Å². The first kappa shape index (κ1) is 20.0. The number of piperidine rings is 1. The van der Waals surface area contributed by atoms with E-state index in [1.165, 1.54) is 24.3 Å². The lowest BCUT2D eigenvalue weighted by Gasteiger charge is -2.36. The van der Waals surface area contributed by atoms with Gasteiger partial charge in [-0.15, -0.1) is 6.58 Å². The Labute approximate surface area is 164 Å². The van der Waals surface area contributed by atoms with Gasteiger partial charge in [-0.25, -0.2) is 4.39 Å². The molecule has 1 aromatic carbocycles. The van der Waals surface area contributed by atoms with Crippen LogP contribution in [0.1, 0.15) is 36.0 Å². The zero-order chi connectivity index (χ0) is 20.1. The fourth-order valence-electron chi connectivity index (χ4n) is 3.55. The Bertz CT molecular complexity index is 738. The lowest BCUT2D eigenvalue weighted by molar-refractivity contribution is -0.134. The summed E-state index contributed by atoms with van der Waals surface area (Å²) in [4.78, 5) is 39.3. The van der Waals surface area contributed by atoms with Crippen molar-refractivity contribution in [3.8, 4) is 0 Å². The van der Waals surface area contributed by atoms with Crippen LogP contribution in [0.5, 0.6) is 0 Å². The molecular weight excluding hydrogens is 361 g/mol. The van der Waals surface area contributed by atoms with E-state index in [2.05, 4.69) is 17.2 Å². The van der Waals surface area contributed by atoms with E-state index in [0.717, 1.165) is 12.8 Å². The predicted molar refractivity (Wildman–Crippen MR) is 103 cm³/mol. The summed E-state index contributed by atoms with van der Waals surface area (Å²) in [6.07, 6.45) is 4.81. The van der Waals surface area contributed by atoms with Gasteiger partial charge in [0.1, 0.15) is 11.9 Å². The number of amides is 3. The predicted octanol–water partition coefficient (Wildman–Crippen LogP) is 1.87. The van der Waals surface area contributed by atoms with Crippen molar-refractivity contribution in [2.75, 3.05) is 19.6 Å². The molecule has 6 nitrogen and oxygen atoms in total. The van der Waals surface area contributed by atoms with E-state index in [-0.39, 0.29) is 23.7 Å². The van der Waals surface area contributed by atoms with Crippen LogP contribution in [0.25, 0.3) is 0 Å². The van der Waals surface area contributed by atoms with Gasteiger partial charge in [0.2, 0.25) is 11.8 Å². The molecule has 1 heterocycles. The third kappa shape index (κ3) is 4.97. The first-order valence-electron chi connectivity index (χ1n) is 9.73. The van der Waals surface area contributed by atoms with Crippen LogP contribution < -0.4 is 10.6 Å². The van der Waals surface area contributed by atoms with Crippen LogP contribution in [0.4, 0.5) is 4.39 Å². The molecule has 1 aliphatic heterocycles. The summed E-state index contributed by atoms with van der Waals surface area (Å²) in [7, 11) is 0. The normalized spacial score (nSPS) is 18.2. The molecule has 150 valence electrons. The number of hydrogen-bond donors (Lipinski definition) is 2. The fraction of sp³-hybridized carbons (Fsp3) is 0.476. The van der Waals surface area contributed by atoms with Crippen molar-refractivity contribution >= 4 is 17.7 Å². The van der Waals surface area contributed by atoms with Crippen LogP contribution in [-0.4, -0.2) is 48.3 Å². The number of hydrogen-bond acceptors (Lipinski definition) is 3. The number of carbonyl (C=O) groups is 3. The van der Waals surface area contributed by atoms with Crippen LogP contribution >= 0.6 is 0 Å².